The number of nitrogens with two attached hydrogens (primary N) is 1. The highest BCUT2D eigenvalue weighted by molar-refractivity contribution is 6.33. The zero-order chi connectivity index (χ0) is 15.5. The standard InChI is InChI=1S/C16H14Cl2N4/c17-12-5-1-10(2-6-12)3-8-15-20-16(22-21-15)11-4-7-13(18)14(19)9-11/h1-2,4-7,9H,3,8,19H2,(H,20,21,22). The molecule has 0 amide bonds. The molecule has 3 aromatic rings. The molecule has 3 rings (SSSR count). The maximum atomic E-state index is 5.92. The SMILES string of the molecule is Nc1cc(-c2n[nH]c(CCc3ccc(Cl)cc3)n2)ccc1Cl. The van der Waals surface area contributed by atoms with Crippen LogP contribution in [0.2, 0.25) is 10.0 Å². The summed E-state index contributed by atoms with van der Waals surface area (Å²) in [6.07, 6.45) is 1.65. The summed E-state index contributed by atoms with van der Waals surface area (Å²) in [7, 11) is 0. The first-order chi connectivity index (χ1) is 10.6. The molecule has 0 atom stereocenters. The largest absolute Gasteiger partial charge is 0.398 e. The summed E-state index contributed by atoms with van der Waals surface area (Å²) in [5.41, 5.74) is 8.37. The third-order valence-corrected chi connectivity index (χ3v) is 3.95. The highest BCUT2D eigenvalue weighted by Gasteiger charge is 2.08. The van der Waals surface area contributed by atoms with Gasteiger partial charge in [-0.2, -0.15) is 5.10 Å². The van der Waals surface area contributed by atoms with E-state index in [9.17, 15) is 0 Å². The van der Waals surface area contributed by atoms with Gasteiger partial charge in [0.2, 0.25) is 0 Å². The van der Waals surface area contributed by atoms with Crippen molar-refractivity contribution in [1.29, 1.82) is 0 Å². The second-order valence-electron chi connectivity index (χ2n) is 4.97. The van der Waals surface area contributed by atoms with Crippen molar-refractivity contribution in [2.24, 2.45) is 0 Å². The van der Waals surface area contributed by atoms with Crippen LogP contribution < -0.4 is 5.73 Å². The Morgan fingerprint density at radius 2 is 1.77 bits per heavy atom. The number of rotatable bonds is 4. The molecule has 3 N–H and O–H groups in total. The van der Waals surface area contributed by atoms with Gasteiger partial charge in [0, 0.05) is 17.0 Å². The van der Waals surface area contributed by atoms with Crippen molar-refractivity contribution < 1.29 is 0 Å². The Kier molecular flexibility index (Phi) is 4.32. The van der Waals surface area contributed by atoms with Crippen molar-refractivity contribution in [2.45, 2.75) is 12.8 Å². The minimum absolute atomic E-state index is 0.520. The minimum Gasteiger partial charge on any atom is -0.398 e. The first kappa shape index (κ1) is 14.9. The van der Waals surface area contributed by atoms with Gasteiger partial charge in [0.25, 0.3) is 0 Å². The van der Waals surface area contributed by atoms with Gasteiger partial charge in [0.05, 0.1) is 10.7 Å². The van der Waals surface area contributed by atoms with Gasteiger partial charge in [0.1, 0.15) is 5.82 Å². The van der Waals surface area contributed by atoms with Crippen molar-refractivity contribution in [1.82, 2.24) is 15.2 Å². The molecule has 1 heterocycles. The van der Waals surface area contributed by atoms with Crippen LogP contribution in [-0.2, 0) is 12.8 Å². The fourth-order valence-electron chi connectivity index (χ4n) is 2.13. The molecule has 0 saturated carbocycles. The fraction of sp³-hybridized carbons (Fsp3) is 0.125. The Hall–Kier alpha value is -2.04. The molecule has 0 saturated heterocycles. The van der Waals surface area contributed by atoms with E-state index >= 15 is 0 Å². The molecule has 1 aromatic heterocycles. The van der Waals surface area contributed by atoms with Gasteiger partial charge in [-0.25, -0.2) is 4.98 Å². The summed E-state index contributed by atoms with van der Waals surface area (Å²) in [5.74, 6) is 1.45. The predicted octanol–water partition coefficient (Wildman–Crippen LogP) is 4.15. The van der Waals surface area contributed by atoms with Gasteiger partial charge in [-0.3, -0.25) is 5.10 Å². The smallest absolute Gasteiger partial charge is 0.181 e. The van der Waals surface area contributed by atoms with Crippen molar-refractivity contribution in [2.75, 3.05) is 5.73 Å². The van der Waals surface area contributed by atoms with Crippen LogP contribution in [0, 0.1) is 0 Å². The quantitative estimate of drug-likeness (QED) is 0.705. The molecular formula is C16H14Cl2N4. The van der Waals surface area contributed by atoms with Crippen LogP contribution in [0.25, 0.3) is 11.4 Å². The van der Waals surface area contributed by atoms with Crippen LogP contribution in [0.15, 0.2) is 42.5 Å². The summed E-state index contributed by atoms with van der Waals surface area (Å²) in [6, 6.07) is 13.2. The molecule has 0 fully saturated rings. The number of nitrogen functional groups attached to an aromatic ring is 1. The van der Waals surface area contributed by atoms with Crippen LogP contribution in [0.1, 0.15) is 11.4 Å². The Morgan fingerprint density at radius 1 is 1.00 bits per heavy atom. The van der Waals surface area contributed by atoms with E-state index in [2.05, 4.69) is 15.2 Å². The number of aryl methyl sites for hydroxylation is 2. The van der Waals surface area contributed by atoms with E-state index in [1.165, 1.54) is 5.56 Å². The number of H-pyrrole nitrogens is 1. The van der Waals surface area contributed by atoms with Crippen LogP contribution in [0.3, 0.4) is 0 Å². The lowest BCUT2D eigenvalue weighted by Gasteiger charge is -2.00. The second kappa shape index (κ2) is 6.38. The Morgan fingerprint density at radius 3 is 2.50 bits per heavy atom. The molecule has 22 heavy (non-hydrogen) atoms. The summed E-state index contributed by atoms with van der Waals surface area (Å²) >= 11 is 11.8. The molecule has 0 aliphatic heterocycles. The maximum Gasteiger partial charge on any atom is 0.181 e. The van der Waals surface area contributed by atoms with Crippen molar-refractivity contribution in [3.63, 3.8) is 0 Å². The number of hydrogen-bond acceptors (Lipinski definition) is 3. The second-order valence-corrected chi connectivity index (χ2v) is 5.81. The van der Waals surface area contributed by atoms with E-state index < -0.39 is 0 Å². The molecule has 0 spiro atoms. The molecule has 0 bridgehead atoms. The van der Waals surface area contributed by atoms with E-state index in [1.807, 2.05) is 30.3 Å². The molecule has 2 aromatic carbocycles. The minimum atomic E-state index is 0.520. The summed E-state index contributed by atoms with van der Waals surface area (Å²) < 4.78 is 0. The summed E-state index contributed by atoms with van der Waals surface area (Å²) in [6.45, 7) is 0. The van der Waals surface area contributed by atoms with Gasteiger partial charge in [0.15, 0.2) is 5.82 Å². The van der Waals surface area contributed by atoms with E-state index in [0.717, 1.165) is 29.3 Å². The molecule has 6 heteroatoms. The van der Waals surface area contributed by atoms with Gasteiger partial charge >= 0.3 is 0 Å². The molecule has 0 radical (unpaired) electrons. The number of halogens is 2. The molecule has 0 aliphatic rings. The van der Waals surface area contributed by atoms with Crippen LogP contribution in [0.4, 0.5) is 5.69 Å². The highest BCUT2D eigenvalue weighted by Crippen LogP contribution is 2.24. The van der Waals surface area contributed by atoms with E-state index in [1.54, 1.807) is 12.1 Å². The van der Waals surface area contributed by atoms with Crippen molar-refractivity contribution in [3.8, 4) is 11.4 Å². The van der Waals surface area contributed by atoms with E-state index in [4.69, 9.17) is 28.9 Å². The molecule has 0 aliphatic carbocycles. The lowest BCUT2D eigenvalue weighted by molar-refractivity contribution is 0.865. The van der Waals surface area contributed by atoms with E-state index in [-0.39, 0.29) is 0 Å². The van der Waals surface area contributed by atoms with Crippen LogP contribution in [0.5, 0.6) is 0 Å². The molecule has 112 valence electrons. The average Bonchev–Trinajstić information content (AvgIpc) is 2.98. The maximum absolute atomic E-state index is 5.92. The van der Waals surface area contributed by atoms with Gasteiger partial charge in [-0.15, -0.1) is 0 Å². The zero-order valence-electron chi connectivity index (χ0n) is 11.7. The Labute approximate surface area is 138 Å². The monoisotopic (exact) mass is 332 g/mol. The third-order valence-electron chi connectivity index (χ3n) is 3.35. The van der Waals surface area contributed by atoms with Crippen molar-refractivity contribution in [3.05, 3.63) is 63.9 Å². The first-order valence-corrected chi connectivity index (χ1v) is 7.58. The average molecular weight is 333 g/mol. The fourth-order valence-corrected chi connectivity index (χ4v) is 2.38. The summed E-state index contributed by atoms with van der Waals surface area (Å²) in [4.78, 5) is 4.49. The predicted molar refractivity (Wildman–Crippen MR) is 90.1 cm³/mol. The Bertz CT molecular complexity index is 781. The van der Waals surface area contributed by atoms with Crippen LogP contribution >= 0.6 is 23.2 Å². The number of benzene rings is 2. The number of aromatic amines is 1. The van der Waals surface area contributed by atoms with Crippen LogP contribution in [-0.4, -0.2) is 15.2 Å². The Balaban J connectivity index is 1.70. The first-order valence-electron chi connectivity index (χ1n) is 6.83. The third kappa shape index (κ3) is 3.40. The van der Waals surface area contributed by atoms with Gasteiger partial charge in [-0.1, -0.05) is 35.3 Å². The molecular weight excluding hydrogens is 319 g/mol. The number of anilines is 1. The lowest BCUT2D eigenvalue weighted by Crippen LogP contribution is -1.93. The number of nitrogens with one attached hydrogen (secondary N) is 1. The highest BCUT2D eigenvalue weighted by atomic mass is 35.5. The number of aromatic nitrogens is 3. The lowest BCUT2D eigenvalue weighted by atomic mass is 10.1. The van der Waals surface area contributed by atoms with Gasteiger partial charge < -0.3 is 5.73 Å². The normalized spacial score (nSPS) is 10.8. The van der Waals surface area contributed by atoms with Crippen molar-refractivity contribution >= 4 is 28.9 Å². The number of nitrogens with zero attached hydrogens (tertiary/aromatic N) is 2. The molecule has 4 nitrogen and oxygen atoms in total. The summed E-state index contributed by atoms with van der Waals surface area (Å²) in [5, 5.41) is 8.46. The molecule has 0 unspecified atom stereocenters. The van der Waals surface area contributed by atoms with Gasteiger partial charge in [-0.05, 0) is 42.3 Å². The van der Waals surface area contributed by atoms with E-state index in [0.29, 0.717) is 16.5 Å². The zero-order valence-corrected chi connectivity index (χ0v) is 13.2. The topological polar surface area (TPSA) is 67.6 Å². The number of hydrogen-bond donors (Lipinski definition) is 2.